The van der Waals surface area contributed by atoms with Crippen LogP contribution in [-0.2, 0) is 11.3 Å². The molecule has 0 aliphatic carbocycles. The van der Waals surface area contributed by atoms with E-state index in [1.807, 2.05) is 13.8 Å². The molecule has 7 heteroatoms. The van der Waals surface area contributed by atoms with E-state index in [0.29, 0.717) is 12.2 Å². The summed E-state index contributed by atoms with van der Waals surface area (Å²) >= 11 is 1.70. The van der Waals surface area contributed by atoms with Gasteiger partial charge in [-0.15, -0.1) is 11.3 Å². The van der Waals surface area contributed by atoms with Crippen LogP contribution in [0.3, 0.4) is 0 Å². The van der Waals surface area contributed by atoms with Crippen molar-refractivity contribution in [2.75, 3.05) is 37.7 Å². The van der Waals surface area contributed by atoms with Gasteiger partial charge < -0.3 is 9.64 Å². The van der Waals surface area contributed by atoms with Gasteiger partial charge in [-0.1, -0.05) is 0 Å². The van der Waals surface area contributed by atoms with E-state index in [2.05, 4.69) is 25.1 Å². The molecule has 6 nitrogen and oxygen atoms in total. The van der Waals surface area contributed by atoms with Crippen molar-refractivity contribution in [1.29, 1.82) is 0 Å². The fourth-order valence-corrected chi connectivity index (χ4v) is 3.67. The van der Waals surface area contributed by atoms with Crippen LogP contribution in [0, 0.1) is 6.92 Å². The first kappa shape index (κ1) is 17.8. The molecule has 1 aliphatic rings. The molecule has 0 atom stereocenters. The van der Waals surface area contributed by atoms with Crippen LogP contribution in [0.5, 0.6) is 0 Å². The van der Waals surface area contributed by atoms with Crippen LogP contribution in [0.1, 0.15) is 34.4 Å². The van der Waals surface area contributed by atoms with Crippen LogP contribution < -0.4 is 4.90 Å². The van der Waals surface area contributed by atoms with Gasteiger partial charge in [0.05, 0.1) is 17.3 Å². The quantitative estimate of drug-likeness (QED) is 0.764. The zero-order valence-corrected chi connectivity index (χ0v) is 15.6. The summed E-state index contributed by atoms with van der Waals surface area (Å²) in [5, 5.41) is 3.24. The Balaban J connectivity index is 1.68. The van der Waals surface area contributed by atoms with Crippen molar-refractivity contribution in [3.05, 3.63) is 40.0 Å². The lowest BCUT2D eigenvalue weighted by Gasteiger charge is -2.24. The predicted octanol–water partition coefficient (Wildman–Crippen LogP) is 2.74. The molecule has 0 amide bonds. The van der Waals surface area contributed by atoms with Gasteiger partial charge in [-0.3, -0.25) is 4.90 Å². The van der Waals surface area contributed by atoms with Crippen molar-refractivity contribution in [1.82, 2.24) is 14.9 Å². The fraction of sp³-hybridized carbons (Fsp3) is 0.500. The smallest absolute Gasteiger partial charge is 0.341 e. The second kappa shape index (κ2) is 8.40. The first-order valence-electron chi connectivity index (χ1n) is 8.68. The number of aromatic nitrogens is 2. The Kier molecular flexibility index (Phi) is 5.99. The van der Waals surface area contributed by atoms with Crippen molar-refractivity contribution in [3.8, 4) is 0 Å². The van der Waals surface area contributed by atoms with E-state index in [1.165, 1.54) is 0 Å². The monoisotopic (exact) mass is 360 g/mol. The second-order valence-electron chi connectivity index (χ2n) is 6.07. The van der Waals surface area contributed by atoms with Gasteiger partial charge in [0, 0.05) is 44.3 Å². The van der Waals surface area contributed by atoms with E-state index < -0.39 is 0 Å². The maximum atomic E-state index is 12.2. The maximum absolute atomic E-state index is 12.2. The molecular formula is C18H24N4O2S. The van der Waals surface area contributed by atoms with Crippen molar-refractivity contribution < 1.29 is 9.53 Å². The Morgan fingerprint density at radius 2 is 2.20 bits per heavy atom. The van der Waals surface area contributed by atoms with Gasteiger partial charge in [-0.05, 0) is 32.4 Å². The average molecular weight is 360 g/mol. The van der Waals surface area contributed by atoms with Crippen LogP contribution in [0.15, 0.2) is 23.7 Å². The normalized spacial score (nSPS) is 15.8. The van der Waals surface area contributed by atoms with E-state index in [1.54, 1.807) is 29.7 Å². The van der Waals surface area contributed by atoms with Gasteiger partial charge >= 0.3 is 5.97 Å². The number of carbonyl (C=O) groups is 1. The van der Waals surface area contributed by atoms with E-state index in [0.717, 1.165) is 55.7 Å². The minimum Gasteiger partial charge on any atom is -0.462 e. The second-order valence-corrected chi connectivity index (χ2v) is 7.13. The summed E-state index contributed by atoms with van der Waals surface area (Å²) in [6.07, 6.45) is 2.76. The Hall–Kier alpha value is -1.99. The molecule has 3 heterocycles. The fourth-order valence-electron chi connectivity index (χ4n) is 3.07. The number of nitrogens with zero attached hydrogens (tertiary/aromatic N) is 4. The van der Waals surface area contributed by atoms with Crippen LogP contribution >= 0.6 is 11.3 Å². The van der Waals surface area contributed by atoms with Gasteiger partial charge in [-0.25, -0.2) is 14.8 Å². The summed E-state index contributed by atoms with van der Waals surface area (Å²) in [4.78, 5) is 25.8. The number of thiazole rings is 1. The SMILES string of the molecule is CCOC(=O)c1cccnc1N1CCCN(Cc2csc(C)n2)CC1. The number of rotatable bonds is 5. The van der Waals surface area contributed by atoms with E-state index in [4.69, 9.17) is 4.74 Å². The zero-order chi connectivity index (χ0) is 17.6. The summed E-state index contributed by atoms with van der Waals surface area (Å²) in [6, 6.07) is 3.57. The molecule has 0 unspecified atom stereocenters. The van der Waals surface area contributed by atoms with Crippen molar-refractivity contribution in [3.63, 3.8) is 0 Å². The Morgan fingerprint density at radius 1 is 1.32 bits per heavy atom. The highest BCUT2D eigenvalue weighted by molar-refractivity contribution is 7.09. The van der Waals surface area contributed by atoms with Gasteiger partial charge in [0.25, 0.3) is 0 Å². The van der Waals surface area contributed by atoms with E-state index in [9.17, 15) is 4.79 Å². The molecule has 0 saturated carbocycles. The lowest BCUT2D eigenvalue weighted by Crippen LogP contribution is -2.32. The first-order valence-corrected chi connectivity index (χ1v) is 9.55. The summed E-state index contributed by atoms with van der Waals surface area (Å²) in [6.45, 7) is 8.78. The Labute approximate surface area is 152 Å². The summed E-state index contributed by atoms with van der Waals surface area (Å²) in [5.41, 5.74) is 1.69. The highest BCUT2D eigenvalue weighted by Gasteiger charge is 2.22. The zero-order valence-electron chi connectivity index (χ0n) is 14.8. The van der Waals surface area contributed by atoms with Crippen molar-refractivity contribution in [2.24, 2.45) is 0 Å². The van der Waals surface area contributed by atoms with Crippen molar-refractivity contribution >= 4 is 23.1 Å². The molecule has 0 spiro atoms. The molecule has 25 heavy (non-hydrogen) atoms. The highest BCUT2D eigenvalue weighted by Crippen LogP contribution is 2.21. The van der Waals surface area contributed by atoms with E-state index >= 15 is 0 Å². The van der Waals surface area contributed by atoms with Crippen LogP contribution in [0.25, 0.3) is 0 Å². The number of hydrogen-bond donors (Lipinski definition) is 0. The largest absolute Gasteiger partial charge is 0.462 e. The molecule has 2 aromatic heterocycles. The van der Waals surface area contributed by atoms with Crippen LogP contribution in [0.2, 0.25) is 0 Å². The van der Waals surface area contributed by atoms with Gasteiger partial charge in [-0.2, -0.15) is 0 Å². The lowest BCUT2D eigenvalue weighted by molar-refractivity contribution is 0.0526. The predicted molar refractivity (Wildman–Crippen MR) is 99.2 cm³/mol. The molecule has 1 saturated heterocycles. The van der Waals surface area contributed by atoms with E-state index in [-0.39, 0.29) is 5.97 Å². The number of ether oxygens (including phenoxy) is 1. The molecule has 1 fully saturated rings. The third-order valence-corrected chi connectivity index (χ3v) is 5.04. The number of pyridine rings is 1. The molecular weight excluding hydrogens is 336 g/mol. The Morgan fingerprint density at radius 3 is 2.96 bits per heavy atom. The molecule has 1 aliphatic heterocycles. The van der Waals surface area contributed by atoms with Crippen LogP contribution in [0.4, 0.5) is 5.82 Å². The molecule has 134 valence electrons. The average Bonchev–Trinajstić information content (AvgIpc) is 2.88. The molecule has 0 aromatic carbocycles. The van der Waals surface area contributed by atoms with Gasteiger partial charge in [0.2, 0.25) is 0 Å². The standard InChI is InChI=1S/C18H24N4O2S/c1-3-24-18(23)16-6-4-7-19-17(16)22-9-5-8-21(10-11-22)12-15-13-25-14(2)20-15/h4,6-7,13H,3,5,8-12H2,1-2H3. The summed E-state index contributed by atoms with van der Waals surface area (Å²) in [7, 11) is 0. The number of esters is 1. The van der Waals surface area contributed by atoms with Crippen LogP contribution in [-0.4, -0.2) is 53.6 Å². The van der Waals surface area contributed by atoms with Gasteiger partial charge in [0.1, 0.15) is 11.4 Å². The maximum Gasteiger partial charge on any atom is 0.341 e. The molecule has 0 N–H and O–H groups in total. The summed E-state index contributed by atoms with van der Waals surface area (Å²) in [5.74, 6) is 0.428. The number of hydrogen-bond acceptors (Lipinski definition) is 7. The molecule has 0 radical (unpaired) electrons. The molecule has 2 aromatic rings. The number of carbonyl (C=O) groups excluding carboxylic acids is 1. The minimum atomic E-state index is -0.301. The van der Waals surface area contributed by atoms with Gasteiger partial charge in [0.15, 0.2) is 0 Å². The van der Waals surface area contributed by atoms with Crippen molar-refractivity contribution in [2.45, 2.75) is 26.8 Å². The number of aryl methyl sites for hydroxylation is 1. The highest BCUT2D eigenvalue weighted by atomic mass is 32.1. The molecule has 3 rings (SSSR count). The third-order valence-electron chi connectivity index (χ3n) is 4.22. The summed E-state index contributed by atoms with van der Waals surface area (Å²) < 4.78 is 5.17. The lowest BCUT2D eigenvalue weighted by atomic mass is 10.2. The molecule has 0 bridgehead atoms. The number of anilines is 1. The Bertz CT molecular complexity index is 719. The third kappa shape index (κ3) is 4.55. The topological polar surface area (TPSA) is 58.6 Å². The minimum absolute atomic E-state index is 0.301. The first-order chi connectivity index (χ1) is 12.2.